The monoisotopic (exact) mass is 476 g/mol. The zero-order valence-electron chi connectivity index (χ0n) is 19.2. The molecule has 0 saturated carbocycles. The first-order chi connectivity index (χ1) is 17.2. The van der Waals surface area contributed by atoms with E-state index in [-0.39, 0.29) is 5.56 Å². The van der Waals surface area contributed by atoms with Gasteiger partial charge in [0.2, 0.25) is 0 Å². The number of fused-ring (bicyclic) bond motifs is 4. The number of nitriles is 1. The summed E-state index contributed by atoms with van der Waals surface area (Å²) in [7, 11) is 0. The molecule has 172 valence electrons. The summed E-state index contributed by atoms with van der Waals surface area (Å²) in [6.45, 7) is 1.29. The van der Waals surface area contributed by atoms with Gasteiger partial charge in [-0.05, 0) is 64.9 Å². The van der Waals surface area contributed by atoms with Gasteiger partial charge in [0.1, 0.15) is 4.83 Å². The first-order valence-electron chi connectivity index (χ1n) is 11.9. The van der Waals surface area contributed by atoms with Crippen molar-refractivity contribution in [2.75, 3.05) is 0 Å². The zero-order chi connectivity index (χ0) is 23.8. The molecule has 3 aromatic carbocycles. The van der Waals surface area contributed by atoms with Gasteiger partial charge in [0.05, 0.1) is 29.9 Å². The quantitative estimate of drug-likeness (QED) is 0.380. The summed E-state index contributed by atoms with van der Waals surface area (Å²) in [5.74, 6) is 0. The SMILES string of the molecule is N#Cc1ccc(CNC2CCc3c(sc4ncn(Cc5ccc6ccccc6c5)c(=O)c34)C2)cc1. The molecule has 1 aliphatic carbocycles. The first kappa shape index (κ1) is 21.7. The topological polar surface area (TPSA) is 70.7 Å². The lowest BCUT2D eigenvalue weighted by Gasteiger charge is -2.23. The van der Waals surface area contributed by atoms with Crippen molar-refractivity contribution in [1.29, 1.82) is 5.26 Å². The van der Waals surface area contributed by atoms with Crippen molar-refractivity contribution < 1.29 is 0 Å². The summed E-state index contributed by atoms with van der Waals surface area (Å²) in [4.78, 5) is 20.3. The molecule has 2 heterocycles. The number of hydrogen-bond acceptors (Lipinski definition) is 5. The fraction of sp³-hybridized carbons (Fsp3) is 0.207. The highest BCUT2D eigenvalue weighted by Crippen LogP contribution is 2.33. The lowest BCUT2D eigenvalue weighted by Crippen LogP contribution is -2.33. The summed E-state index contributed by atoms with van der Waals surface area (Å²) >= 11 is 1.66. The van der Waals surface area contributed by atoms with E-state index >= 15 is 0 Å². The molecule has 0 radical (unpaired) electrons. The molecule has 0 fully saturated rings. The van der Waals surface area contributed by atoms with Crippen LogP contribution in [0.1, 0.15) is 33.6 Å². The van der Waals surface area contributed by atoms with E-state index in [1.807, 2.05) is 36.4 Å². The first-order valence-corrected chi connectivity index (χ1v) is 12.7. The minimum absolute atomic E-state index is 0.0599. The minimum atomic E-state index is 0.0599. The van der Waals surface area contributed by atoms with Crippen LogP contribution in [0.5, 0.6) is 0 Å². The van der Waals surface area contributed by atoms with E-state index in [0.717, 1.165) is 41.6 Å². The fourth-order valence-corrected chi connectivity index (χ4v) is 6.24. The summed E-state index contributed by atoms with van der Waals surface area (Å²) in [6.07, 6.45) is 4.49. The highest BCUT2D eigenvalue weighted by Gasteiger charge is 2.25. The van der Waals surface area contributed by atoms with Gasteiger partial charge in [-0.25, -0.2) is 4.98 Å². The molecule has 0 aliphatic heterocycles. The summed E-state index contributed by atoms with van der Waals surface area (Å²) in [5.41, 5.74) is 4.20. The largest absolute Gasteiger partial charge is 0.310 e. The number of aryl methyl sites for hydroxylation is 1. The van der Waals surface area contributed by atoms with E-state index in [4.69, 9.17) is 5.26 Å². The third-order valence-electron chi connectivity index (χ3n) is 6.88. The third-order valence-corrected chi connectivity index (χ3v) is 8.04. The van der Waals surface area contributed by atoms with Gasteiger partial charge in [-0.2, -0.15) is 5.26 Å². The summed E-state index contributed by atoms with van der Waals surface area (Å²) in [6, 6.07) is 24.9. The predicted molar refractivity (Wildman–Crippen MR) is 141 cm³/mol. The van der Waals surface area contributed by atoms with Crippen LogP contribution in [-0.2, 0) is 25.9 Å². The Bertz CT molecular complexity index is 1640. The lowest BCUT2D eigenvalue weighted by molar-refractivity contribution is 0.462. The van der Waals surface area contributed by atoms with Crippen LogP contribution >= 0.6 is 11.3 Å². The van der Waals surface area contributed by atoms with Gasteiger partial charge in [0.15, 0.2) is 0 Å². The van der Waals surface area contributed by atoms with Crippen LogP contribution in [-0.4, -0.2) is 15.6 Å². The Labute approximate surface area is 207 Å². The van der Waals surface area contributed by atoms with E-state index in [2.05, 4.69) is 46.7 Å². The van der Waals surface area contributed by atoms with Gasteiger partial charge in [-0.3, -0.25) is 9.36 Å². The molecule has 5 nitrogen and oxygen atoms in total. The van der Waals surface area contributed by atoms with Gasteiger partial charge in [-0.15, -0.1) is 11.3 Å². The maximum atomic E-state index is 13.5. The molecule has 6 rings (SSSR count). The molecule has 1 N–H and O–H groups in total. The molecule has 0 saturated heterocycles. The van der Waals surface area contributed by atoms with Crippen molar-refractivity contribution in [2.24, 2.45) is 0 Å². The number of rotatable bonds is 5. The second kappa shape index (κ2) is 9.10. The molecule has 6 heteroatoms. The van der Waals surface area contributed by atoms with E-state index in [1.54, 1.807) is 22.2 Å². The number of nitrogens with zero attached hydrogens (tertiary/aromatic N) is 3. The molecule has 35 heavy (non-hydrogen) atoms. The van der Waals surface area contributed by atoms with E-state index in [9.17, 15) is 4.79 Å². The highest BCUT2D eigenvalue weighted by molar-refractivity contribution is 7.18. The normalized spacial score (nSPS) is 15.2. The minimum Gasteiger partial charge on any atom is -0.310 e. The lowest BCUT2D eigenvalue weighted by atomic mass is 9.93. The number of hydrogen-bond donors (Lipinski definition) is 1. The molecular formula is C29H24N4OS. The van der Waals surface area contributed by atoms with E-state index < -0.39 is 0 Å². The van der Waals surface area contributed by atoms with Gasteiger partial charge >= 0.3 is 0 Å². The zero-order valence-corrected chi connectivity index (χ0v) is 20.0. The fourth-order valence-electron chi connectivity index (χ4n) is 4.98. The second-order valence-electron chi connectivity index (χ2n) is 9.17. The Morgan fingerprint density at radius 1 is 1.06 bits per heavy atom. The van der Waals surface area contributed by atoms with E-state index in [1.165, 1.54) is 26.8 Å². The number of thiophene rings is 1. The molecule has 1 atom stereocenters. The molecule has 1 aliphatic rings. The van der Waals surface area contributed by atoms with Crippen molar-refractivity contribution >= 4 is 32.3 Å². The highest BCUT2D eigenvalue weighted by atomic mass is 32.1. The molecule has 2 aromatic heterocycles. The van der Waals surface area contributed by atoms with Crippen molar-refractivity contribution in [2.45, 2.75) is 38.4 Å². The Hall–Kier alpha value is -3.79. The van der Waals surface area contributed by atoms with E-state index in [0.29, 0.717) is 18.2 Å². The van der Waals surface area contributed by atoms with Crippen LogP contribution in [0.25, 0.3) is 21.0 Å². The molecule has 0 amide bonds. The average Bonchev–Trinajstić information content (AvgIpc) is 3.28. The van der Waals surface area contributed by atoms with Crippen LogP contribution in [0.3, 0.4) is 0 Å². The van der Waals surface area contributed by atoms with Gasteiger partial charge < -0.3 is 5.32 Å². The molecule has 5 aromatic rings. The van der Waals surface area contributed by atoms with Gasteiger partial charge in [-0.1, -0.05) is 48.5 Å². The summed E-state index contributed by atoms with van der Waals surface area (Å²) < 4.78 is 1.74. The van der Waals surface area contributed by atoms with Crippen LogP contribution < -0.4 is 10.9 Å². The molecule has 0 bridgehead atoms. The Morgan fingerprint density at radius 2 is 1.86 bits per heavy atom. The number of aromatic nitrogens is 2. The smallest absolute Gasteiger partial charge is 0.262 e. The van der Waals surface area contributed by atoms with Crippen LogP contribution in [0.4, 0.5) is 0 Å². The van der Waals surface area contributed by atoms with Crippen LogP contribution in [0.2, 0.25) is 0 Å². The Balaban J connectivity index is 1.21. The van der Waals surface area contributed by atoms with Crippen LogP contribution in [0.15, 0.2) is 77.9 Å². The molecule has 0 spiro atoms. The Kier molecular flexibility index (Phi) is 5.65. The molecular weight excluding hydrogens is 452 g/mol. The van der Waals surface area contributed by atoms with Gasteiger partial charge in [0, 0.05) is 17.5 Å². The standard InChI is InChI=1S/C29H24N4OS/c30-15-19-5-7-20(8-6-19)16-31-24-11-12-25-26(14-24)35-28-27(25)29(34)33(18-32-28)17-21-9-10-22-3-1-2-4-23(22)13-21/h1-10,13,18,24,31H,11-12,14,16-17H2. The number of benzene rings is 3. The van der Waals surface area contributed by atoms with Crippen molar-refractivity contribution in [3.8, 4) is 6.07 Å². The van der Waals surface area contributed by atoms with Crippen molar-refractivity contribution in [3.05, 3.63) is 111 Å². The van der Waals surface area contributed by atoms with Crippen molar-refractivity contribution in [3.63, 3.8) is 0 Å². The number of nitrogens with one attached hydrogen (secondary N) is 1. The second-order valence-corrected chi connectivity index (χ2v) is 10.3. The maximum absolute atomic E-state index is 13.5. The van der Waals surface area contributed by atoms with Crippen LogP contribution in [0, 0.1) is 11.3 Å². The predicted octanol–water partition coefficient (Wildman–Crippen LogP) is 5.18. The third kappa shape index (κ3) is 4.25. The average molecular weight is 477 g/mol. The summed E-state index contributed by atoms with van der Waals surface area (Å²) in [5, 5.41) is 15.8. The Morgan fingerprint density at radius 3 is 2.69 bits per heavy atom. The maximum Gasteiger partial charge on any atom is 0.262 e. The van der Waals surface area contributed by atoms with Crippen molar-refractivity contribution in [1.82, 2.24) is 14.9 Å². The van der Waals surface area contributed by atoms with Gasteiger partial charge in [0.25, 0.3) is 5.56 Å². The molecule has 1 unspecified atom stereocenters.